The summed E-state index contributed by atoms with van der Waals surface area (Å²) in [4.78, 5) is 10.5. The molecule has 5 nitrogen and oxygen atoms in total. The number of nitrogens with zero attached hydrogens (tertiary/aromatic N) is 1. The lowest BCUT2D eigenvalue weighted by atomic mass is 9.83. The summed E-state index contributed by atoms with van der Waals surface area (Å²) in [6.45, 7) is 6.58. The lowest BCUT2D eigenvalue weighted by Crippen LogP contribution is -2.32. The van der Waals surface area contributed by atoms with Gasteiger partial charge in [0, 0.05) is 33.7 Å². The standard InChI is InChI=1S/C14H21BrN2O3/c1-4-14(5-2,9-18)8-16-12-6-10(3)13(17(19)20)7-11(12)15/h6-7,16,18H,4-5,8-9H2,1-3H3. The minimum atomic E-state index is -0.389. The molecule has 0 heterocycles. The molecule has 0 aliphatic rings. The highest BCUT2D eigenvalue weighted by Gasteiger charge is 2.25. The lowest BCUT2D eigenvalue weighted by Gasteiger charge is -2.30. The van der Waals surface area contributed by atoms with Crippen LogP contribution >= 0.6 is 15.9 Å². The van der Waals surface area contributed by atoms with Crippen LogP contribution in [0.2, 0.25) is 0 Å². The van der Waals surface area contributed by atoms with Gasteiger partial charge in [-0.05, 0) is 41.8 Å². The summed E-state index contributed by atoms with van der Waals surface area (Å²) >= 11 is 3.35. The zero-order chi connectivity index (χ0) is 15.3. The first-order valence-electron chi connectivity index (χ1n) is 6.68. The normalized spacial score (nSPS) is 11.4. The minimum absolute atomic E-state index is 0.0989. The molecule has 1 rings (SSSR count). The average molecular weight is 345 g/mol. The van der Waals surface area contributed by atoms with E-state index < -0.39 is 0 Å². The van der Waals surface area contributed by atoms with Crippen LogP contribution in [-0.2, 0) is 0 Å². The molecule has 0 saturated carbocycles. The van der Waals surface area contributed by atoms with Crippen LogP contribution < -0.4 is 5.32 Å². The summed E-state index contributed by atoms with van der Waals surface area (Å²) in [6, 6.07) is 3.27. The van der Waals surface area contributed by atoms with Crippen molar-refractivity contribution in [1.82, 2.24) is 0 Å². The number of nitro benzene ring substituents is 1. The van der Waals surface area contributed by atoms with Gasteiger partial charge in [0.2, 0.25) is 0 Å². The molecule has 0 amide bonds. The van der Waals surface area contributed by atoms with Crippen molar-refractivity contribution in [3.8, 4) is 0 Å². The largest absolute Gasteiger partial charge is 0.396 e. The molecular formula is C14H21BrN2O3. The first-order chi connectivity index (χ1) is 9.39. The van der Waals surface area contributed by atoms with Gasteiger partial charge in [-0.15, -0.1) is 0 Å². The van der Waals surface area contributed by atoms with Gasteiger partial charge in [-0.25, -0.2) is 0 Å². The topological polar surface area (TPSA) is 75.4 Å². The van der Waals surface area contributed by atoms with Gasteiger partial charge in [0.25, 0.3) is 5.69 Å². The number of nitrogens with one attached hydrogen (secondary N) is 1. The average Bonchev–Trinajstić information content (AvgIpc) is 2.43. The van der Waals surface area contributed by atoms with Gasteiger partial charge >= 0.3 is 0 Å². The molecule has 6 heteroatoms. The van der Waals surface area contributed by atoms with Gasteiger partial charge in [0.15, 0.2) is 0 Å². The van der Waals surface area contributed by atoms with Crippen molar-refractivity contribution in [2.45, 2.75) is 33.6 Å². The Balaban J connectivity index is 2.94. The molecule has 0 unspecified atom stereocenters. The first kappa shape index (κ1) is 16.9. The van der Waals surface area contributed by atoms with Gasteiger partial charge in [-0.1, -0.05) is 13.8 Å². The highest BCUT2D eigenvalue weighted by Crippen LogP contribution is 2.32. The SMILES string of the molecule is CCC(CC)(CO)CNc1cc(C)c([N+](=O)[O-])cc1Br. The molecular weight excluding hydrogens is 324 g/mol. The quantitative estimate of drug-likeness (QED) is 0.581. The fraction of sp³-hybridized carbons (Fsp3) is 0.571. The van der Waals surface area contributed by atoms with Crippen molar-refractivity contribution in [3.05, 3.63) is 32.3 Å². The molecule has 0 bridgehead atoms. The summed E-state index contributed by atoms with van der Waals surface area (Å²) in [5.74, 6) is 0. The number of benzene rings is 1. The van der Waals surface area contributed by atoms with Crippen molar-refractivity contribution >= 4 is 27.3 Å². The summed E-state index contributed by atoms with van der Waals surface area (Å²) in [5, 5.41) is 23.7. The van der Waals surface area contributed by atoms with Crippen molar-refractivity contribution in [3.63, 3.8) is 0 Å². The summed E-state index contributed by atoms with van der Waals surface area (Å²) < 4.78 is 0.661. The Morgan fingerprint density at radius 3 is 2.45 bits per heavy atom. The van der Waals surface area contributed by atoms with E-state index in [-0.39, 0.29) is 22.6 Å². The number of halogens is 1. The Morgan fingerprint density at radius 2 is 2.00 bits per heavy atom. The predicted molar refractivity (Wildman–Crippen MR) is 84.1 cm³/mol. The molecule has 0 fully saturated rings. The summed E-state index contributed by atoms with van der Waals surface area (Å²) in [6.07, 6.45) is 1.74. The highest BCUT2D eigenvalue weighted by atomic mass is 79.9. The number of rotatable bonds is 7. The van der Waals surface area contributed by atoms with Gasteiger partial charge in [-0.2, -0.15) is 0 Å². The Hall–Kier alpha value is -1.14. The van der Waals surface area contributed by atoms with E-state index in [1.165, 1.54) is 6.07 Å². The van der Waals surface area contributed by atoms with Crippen molar-refractivity contribution in [2.24, 2.45) is 5.41 Å². The third kappa shape index (κ3) is 3.70. The maximum Gasteiger partial charge on any atom is 0.273 e. The van der Waals surface area contributed by atoms with Gasteiger partial charge in [0.1, 0.15) is 0 Å². The molecule has 1 aromatic rings. The van der Waals surface area contributed by atoms with Crippen LogP contribution in [0, 0.1) is 22.5 Å². The van der Waals surface area contributed by atoms with Crippen molar-refractivity contribution in [2.75, 3.05) is 18.5 Å². The Labute approximate surface area is 127 Å². The third-order valence-electron chi connectivity index (χ3n) is 3.97. The van der Waals surface area contributed by atoms with E-state index in [0.29, 0.717) is 16.6 Å². The minimum Gasteiger partial charge on any atom is -0.396 e. The third-order valence-corrected chi connectivity index (χ3v) is 4.63. The number of hydrogen-bond acceptors (Lipinski definition) is 4. The second kappa shape index (κ2) is 7.04. The zero-order valence-corrected chi connectivity index (χ0v) is 13.7. The van der Waals surface area contributed by atoms with Gasteiger partial charge in [-0.3, -0.25) is 10.1 Å². The van der Waals surface area contributed by atoms with Crippen LogP contribution in [0.15, 0.2) is 16.6 Å². The maximum atomic E-state index is 10.9. The van der Waals surface area contributed by atoms with E-state index >= 15 is 0 Å². The monoisotopic (exact) mass is 344 g/mol. The Bertz CT molecular complexity index is 479. The smallest absolute Gasteiger partial charge is 0.273 e. The highest BCUT2D eigenvalue weighted by molar-refractivity contribution is 9.10. The fourth-order valence-electron chi connectivity index (χ4n) is 2.07. The first-order valence-corrected chi connectivity index (χ1v) is 7.47. The molecule has 0 aromatic heterocycles. The van der Waals surface area contributed by atoms with Gasteiger partial charge in [0.05, 0.1) is 11.5 Å². The van der Waals surface area contributed by atoms with Crippen LogP contribution in [0.4, 0.5) is 11.4 Å². The number of nitro groups is 1. The van der Waals surface area contributed by atoms with E-state index in [2.05, 4.69) is 35.1 Å². The maximum absolute atomic E-state index is 10.9. The van der Waals surface area contributed by atoms with Crippen LogP contribution in [0.25, 0.3) is 0 Å². The number of aliphatic hydroxyl groups excluding tert-OH is 1. The van der Waals surface area contributed by atoms with E-state index in [9.17, 15) is 15.2 Å². The van der Waals surface area contributed by atoms with Crippen LogP contribution in [0.3, 0.4) is 0 Å². The second-order valence-electron chi connectivity index (χ2n) is 5.09. The van der Waals surface area contributed by atoms with E-state index in [0.717, 1.165) is 18.5 Å². The number of aliphatic hydroxyl groups is 1. The fourth-order valence-corrected chi connectivity index (χ4v) is 2.54. The summed E-state index contributed by atoms with van der Waals surface area (Å²) in [7, 11) is 0. The number of anilines is 1. The molecule has 20 heavy (non-hydrogen) atoms. The number of aryl methyl sites for hydroxylation is 1. The molecule has 1 aromatic carbocycles. The molecule has 0 aliphatic carbocycles. The molecule has 2 N–H and O–H groups in total. The van der Waals surface area contributed by atoms with E-state index in [4.69, 9.17) is 0 Å². The molecule has 0 spiro atoms. The Morgan fingerprint density at radius 1 is 1.40 bits per heavy atom. The number of hydrogen-bond donors (Lipinski definition) is 2. The predicted octanol–water partition coefficient (Wildman–Crippen LogP) is 3.88. The molecule has 0 radical (unpaired) electrons. The second-order valence-corrected chi connectivity index (χ2v) is 5.95. The van der Waals surface area contributed by atoms with Crippen molar-refractivity contribution in [1.29, 1.82) is 0 Å². The zero-order valence-electron chi connectivity index (χ0n) is 12.1. The lowest BCUT2D eigenvalue weighted by molar-refractivity contribution is -0.385. The molecule has 0 atom stereocenters. The van der Waals surface area contributed by atoms with Crippen LogP contribution in [0.5, 0.6) is 0 Å². The molecule has 0 saturated heterocycles. The Kier molecular flexibility index (Phi) is 5.95. The van der Waals surface area contributed by atoms with Crippen LogP contribution in [0.1, 0.15) is 32.3 Å². The van der Waals surface area contributed by atoms with Crippen molar-refractivity contribution < 1.29 is 10.0 Å². The molecule has 112 valence electrons. The van der Waals surface area contributed by atoms with E-state index in [1.807, 2.05) is 0 Å². The van der Waals surface area contributed by atoms with Crippen LogP contribution in [-0.4, -0.2) is 23.2 Å². The summed E-state index contributed by atoms with van der Waals surface area (Å²) in [5.41, 5.74) is 1.37. The van der Waals surface area contributed by atoms with Gasteiger partial charge < -0.3 is 10.4 Å². The van der Waals surface area contributed by atoms with E-state index in [1.54, 1.807) is 13.0 Å². The molecule has 0 aliphatic heterocycles.